The van der Waals surface area contributed by atoms with Crippen LogP contribution in [-0.4, -0.2) is 16.9 Å². The predicted molar refractivity (Wildman–Crippen MR) is 97.0 cm³/mol. The van der Waals surface area contributed by atoms with E-state index in [1.54, 1.807) is 41.8 Å². The van der Waals surface area contributed by atoms with Crippen LogP contribution in [-0.2, 0) is 11.2 Å². The van der Waals surface area contributed by atoms with Crippen molar-refractivity contribution in [2.24, 2.45) is 0 Å². The Bertz CT molecular complexity index is 890. The van der Waals surface area contributed by atoms with Crippen LogP contribution in [0.1, 0.15) is 21.6 Å². The lowest BCUT2D eigenvalue weighted by molar-refractivity contribution is -0.133. The maximum absolute atomic E-state index is 12.1. The van der Waals surface area contributed by atoms with Crippen LogP contribution in [0.5, 0.6) is 5.75 Å². The molecule has 0 aliphatic carbocycles. The molecule has 0 saturated heterocycles. The molecule has 0 fully saturated rings. The summed E-state index contributed by atoms with van der Waals surface area (Å²) in [5, 5.41) is 4.91. The van der Waals surface area contributed by atoms with Gasteiger partial charge in [0.2, 0.25) is 0 Å². The summed E-state index contributed by atoms with van der Waals surface area (Å²) in [5.74, 6) is -0.112. The lowest BCUT2D eigenvalue weighted by Crippen LogP contribution is -2.13. The summed E-state index contributed by atoms with van der Waals surface area (Å²) in [4.78, 5) is 28.3. The topological polar surface area (TPSA) is 68.3 Å². The molecule has 0 spiro atoms. The van der Waals surface area contributed by atoms with Crippen LogP contribution < -0.4 is 10.1 Å². The number of nitrogens with zero attached hydrogens (tertiary/aromatic N) is 1. The van der Waals surface area contributed by atoms with Gasteiger partial charge in [-0.2, -0.15) is 0 Å². The number of esters is 1. The number of anilines is 1. The monoisotopic (exact) mass is 352 g/mol. The molecule has 1 N–H and O–H groups in total. The van der Waals surface area contributed by atoms with Crippen molar-refractivity contribution in [2.75, 3.05) is 5.32 Å². The summed E-state index contributed by atoms with van der Waals surface area (Å²) < 4.78 is 5.30. The van der Waals surface area contributed by atoms with Gasteiger partial charge in [0.15, 0.2) is 5.13 Å². The Labute approximate surface area is 149 Å². The molecule has 1 aromatic heterocycles. The molecule has 6 heteroatoms. The first-order valence-corrected chi connectivity index (χ1v) is 8.56. The standard InChI is InChI=1S/C19H16N2O3S/c1-13-6-5-9-16(10-13)24-17(22)11-15-12-25-19(20-15)21-18(23)14-7-3-2-4-8-14/h2-10,12H,11H2,1H3,(H,20,21,23). The van der Waals surface area contributed by atoms with Crippen molar-refractivity contribution in [3.8, 4) is 5.75 Å². The number of aryl methyl sites for hydroxylation is 1. The van der Waals surface area contributed by atoms with Gasteiger partial charge in [0.25, 0.3) is 5.91 Å². The largest absolute Gasteiger partial charge is 0.426 e. The zero-order valence-corrected chi connectivity index (χ0v) is 14.4. The van der Waals surface area contributed by atoms with E-state index >= 15 is 0 Å². The Hall–Kier alpha value is -2.99. The van der Waals surface area contributed by atoms with Crippen LogP contribution in [0, 0.1) is 6.92 Å². The molecule has 0 aliphatic heterocycles. The Kier molecular flexibility index (Phi) is 5.20. The first kappa shape index (κ1) is 16.9. The number of carbonyl (C=O) groups is 2. The zero-order chi connectivity index (χ0) is 17.6. The third-order valence-electron chi connectivity index (χ3n) is 3.35. The number of thiazole rings is 1. The number of hydrogen-bond acceptors (Lipinski definition) is 5. The van der Waals surface area contributed by atoms with Gasteiger partial charge in [-0.15, -0.1) is 11.3 Å². The molecule has 126 valence electrons. The molecule has 0 bridgehead atoms. The van der Waals surface area contributed by atoms with Gasteiger partial charge < -0.3 is 4.74 Å². The number of carbonyl (C=O) groups excluding carboxylic acids is 2. The summed E-state index contributed by atoms with van der Waals surface area (Å²) in [7, 11) is 0. The average molecular weight is 352 g/mol. The van der Waals surface area contributed by atoms with E-state index in [2.05, 4.69) is 10.3 Å². The van der Waals surface area contributed by atoms with E-state index in [9.17, 15) is 9.59 Å². The fraction of sp³-hybridized carbons (Fsp3) is 0.105. The summed E-state index contributed by atoms with van der Waals surface area (Å²) in [6.45, 7) is 1.93. The maximum Gasteiger partial charge on any atom is 0.317 e. The van der Waals surface area contributed by atoms with Gasteiger partial charge in [-0.1, -0.05) is 30.3 Å². The van der Waals surface area contributed by atoms with E-state index in [-0.39, 0.29) is 12.3 Å². The highest BCUT2D eigenvalue weighted by Gasteiger charge is 2.12. The number of benzene rings is 2. The molecule has 0 saturated carbocycles. The van der Waals surface area contributed by atoms with Gasteiger partial charge in [0.1, 0.15) is 5.75 Å². The normalized spacial score (nSPS) is 10.3. The molecule has 0 atom stereocenters. The van der Waals surface area contributed by atoms with Gasteiger partial charge in [-0.3, -0.25) is 14.9 Å². The fourth-order valence-corrected chi connectivity index (χ4v) is 2.90. The number of nitrogens with one attached hydrogen (secondary N) is 1. The van der Waals surface area contributed by atoms with Crippen molar-refractivity contribution in [3.05, 3.63) is 76.8 Å². The Morgan fingerprint density at radius 3 is 2.68 bits per heavy atom. The minimum Gasteiger partial charge on any atom is -0.426 e. The molecule has 2 aromatic carbocycles. The SMILES string of the molecule is Cc1cccc(OC(=O)Cc2csc(NC(=O)c3ccccc3)n2)c1. The van der Waals surface area contributed by atoms with Gasteiger partial charge in [0.05, 0.1) is 12.1 Å². The van der Waals surface area contributed by atoms with E-state index in [0.29, 0.717) is 22.1 Å². The van der Waals surface area contributed by atoms with Gasteiger partial charge in [-0.05, 0) is 36.8 Å². The highest BCUT2D eigenvalue weighted by atomic mass is 32.1. The van der Waals surface area contributed by atoms with E-state index in [4.69, 9.17) is 4.74 Å². The van der Waals surface area contributed by atoms with Crippen molar-refractivity contribution in [1.29, 1.82) is 0 Å². The van der Waals surface area contributed by atoms with Gasteiger partial charge in [0, 0.05) is 10.9 Å². The Morgan fingerprint density at radius 2 is 1.92 bits per heavy atom. The van der Waals surface area contributed by atoms with Crippen molar-refractivity contribution in [2.45, 2.75) is 13.3 Å². The number of amides is 1. The number of ether oxygens (including phenoxy) is 1. The quantitative estimate of drug-likeness (QED) is 0.559. The molecule has 0 aliphatic rings. The first-order valence-electron chi connectivity index (χ1n) is 7.68. The smallest absolute Gasteiger partial charge is 0.317 e. The molecule has 3 rings (SSSR count). The van der Waals surface area contributed by atoms with Crippen LogP contribution >= 0.6 is 11.3 Å². The van der Waals surface area contributed by atoms with Crippen molar-refractivity contribution >= 4 is 28.3 Å². The van der Waals surface area contributed by atoms with Crippen LogP contribution in [0.15, 0.2) is 60.0 Å². The molecule has 25 heavy (non-hydrogen) atoms. The van der Waals surface area contributed by atoms with Crippen molar-refractivity contribution < 1.29 is 14.3 Å². The predicted octanol–water partition coefficient (Wildman–Crippen LogP) is 3.85. The van der Waals surface area contributed by atoms with Gasteiger partial charge in [-0.25, -0.2) is 4.98 Å². The lowest BCUT2D eigenvalue weighted by Gasteiger charge is -2.03. The van der Waals surface area contributed by atoms with Crippen LogP contribution in [0.3, 0.4) is 0 Å². The summed E-state index contributed by atoms with van der Waals surface area (Å²) in [6, 6.07) is 16.2. The molecular weight excluding hydrogens is 336 g/mol. The second-order valence-corrected chi connectivity index (χ2v) is 6.29. The molecule has 0 radical (unpaired) electrons. The van der Waals surface area contributed by atoms with Crippen molar-refractivity contribution in [3.63, 3.8) is 0 Å². The molecule has 0 unspecified atom stereocenters. The van der Waals surface area contributed by atoms with Crippen LogP contribution in [0.25, 0.3) is 0 Å². The molecule has 5 nitrogen and oxygen atoms in total. The Morgan fingerprint density at radius 1 is 1.12 bits per heavy atom. The highest BCUT2D eigenvalue weighted by molar-refractivity contribution is 7.14. The average Bonchev–Trinajstić information content (AvgIpc) is 3.02. The second-order valence-electron chi connectivity index (χ2n) is 5.43. The van der Waals surface area contributed by atoms with Gasteiger partial charge >= 0.3 is 5.97 Å². The molecular formula is C19H16N2O3S. The number of rotatable bonds is 5. The minimum absolute atomic E-state index is 0.0473. The number of hydrogen-bond donors (Lipinski definition) is 1. The van der Waals surface area contributed by atoms with Crippen LogP contribution in [0.2, 0.25) is 0 Å². The maximum atomic E-state index is 12.1. The zero-order valence-electron chi connectivity index (χ0n) is 13.6. The minimum atomic E-state index is -0.392. The van der Waals surface area contributed by atoms with Crippen molar-refractivity contribution in [1.82, 2.24) is 4.98 Å². The second kappa shape index (κ2) is 7.72. The van der Waals surface area contributed by atoms with Crippen LogP contribution in [0.4, 0.5) is 5.13 Å². The summed E-state index contributed by atoms with van der Waals surface area (Å²) in [5.41, 5.74) is 2.13. The highest BCUT2D eigenvalue weighted by Crippen LogP contribution is 2.18. The summed E-state index contributed by atoms with van der Waals surface area (Å²) >= 11 is 1.27. The fourth-order valence-electron chi connectivity index (χ4n) is 2.20. The third kappa shape index (κ3) is 4.74. The molecule has 3 aromatic rings. The number of aromatic nitrogens is 1. The Balaban J connectivity index is 1.58. The van der Waals surface area contributed by atoms with E-state index in [1.165, 1.54) is 11.3 Å². The third-order valence-corrected chi connectivity index (χ3v) is 4.16. The van der Waals surface area contributed by atoms with E-state index in [1.807, 2.05) is 25.1 Å². The molecule has 1 amide bonds. The van der Waals surface area contributed by atoms with E-state index in [0.717, 1.165) is 5.56 Å². The lowest BCUT2D eigenvalue weighted by atomic mass is 10.2. The summed E-state index contributed by atoms with van der Waals surface area (Å²) in [6.07, 6.45) is 0.0473. The van der Waals surface area contributed by atoms with E-state index < -0.39 is 5.97 Å². The first-order chi connectivity index (χ1) is 12.1. The molecule has 1 heterocycles.